The molecule has 0 spiro atoms. The molecule has 0 saturated carbocycles. The molecule has 1 aromatic carbocycles. The molecule has 3 aromatic rings. The van der Waals surface area contributed by atoms with Gasteiger partial charge in [0, 0.05) is 17.8 Å². The van der Waals surface area contributed by atoms with Crippen molar-refractivity contribution >= 4 is 16.3 Å². The lowest BCUT2D eigenvalue weighted by Crippen LogP contribution is -2.00. The SMILES string of the molecule is COc1ccc2ccn3cccc3c(=O)c2c1. The van der Waals surface area contributed by atoms with E-state index >= 15 is 0 Å². The van der Waals surface area contributed by atoms with Gasteiger partial charge in [-0.05, 0) is 35.7 Å². The topological polar surface area (TPSA) is 30.7 Å². The van der Waals surface area contributed by atoms with Crippen LogP contribution in [0, 0.1) is 0 Å². The summed E-state index contributed by atoms with van der Waals surface area (Å²) in [4.78, 5) is 12.3. The molecule has 0 aliphatic heterocycles. The maximum Gasteiger partial charge on any atom is 0.210 e. The summed E-state index contributed by atoms with van der Waals surface area (Å²) in [5.74, 6) is 0.700. The van der Waals surface area contributed by atoms with Gasteiger partial charge in [0.05, 0.1) is 12.6 Å². The van der Waals surface area contributed by atoms with E-state index in [1.165, 1.54) is 0 Å². The van der Waals surface area contributed by atoms with Gasteiger partial charge in [0.2, 0.25) is 5.43 Å². The Bertz CT molecular complexity index is 759. The summed E-state index contributed by atoms with van der Waals surface area (Å²) < 4.78 is 6.98. The number of fused-ring (bicyclic) bond motifs is 2. The summed E-state index contributed by atoms with van der Waals surface area (Å²) >= 11 is 0. The largest absolute Gasteiger partial charge is 0.497 e. The molecular formula is C14H11NO2. The first-order valence-corrected chi connectivity index (χ1v) is 5.37. The first kappa shape index (κ1) is 9.90. The lowest BCUT2D eigenvalue weighted by molar-refractivity contribution is 0.415. The van der Waals surface area contributed by atoms with Crippen LogP contribution in [0.2, 0.25) is 0 Å². The standard InChI is InChI=1S/C14H11NO2/c1-17-11-5-4-10-6-8-15-7-2-3-13(15)14(16)12(10)9-11/h2-9H,1H3. The first-order valence-electron chi connectivity index (χ1n) is 5.37. The average Bonchev–Trinajstić information content (AvgIpc) is 2.79. The molecule has 0 aliphatic rings. The normalized spacial score (nSPS) is 10.9. The second-order valence-electron chi connectivity index (χ2n) is 3.90. The minimum atomic E-state index is 0.0221. The highest BCUT2D eigenvalue weighted by atomic mass is 16.5. The Labute approximate surface area is 97.9 Å². The molecule has 3 rings (SSSR count). The van der Waals surface area contributed by atoms with E-state index in [1.807, 2.05) is 47.1 Å². The zero-order valence-electron chi connectivity index (χ0n) is 9.38. The maximum atomic E-state index is 12.3. The number of methoxy groups -OCH3 is 1. The minimum absolute atomic E-state index is 0.0221. The zero-order valence-corrected chi connectivity index (χ0v) is 9.38. The fraction of sp³-hybridized carbons (Fsp3) is 0.0714. The molecule has 0 amide bonds. The number of ether oxygens (including phenoxy) is 1. The van der Waals surface area contributed by atoms with Gasteiger partial charge >= 0.3 is 0 Å². The highest BCUT2D eigenvalue weighted by Gasteiger charge is 2.03. The van der Waals surface area contributed by atoms with Gasteiger partial charge in [-0.15, -0.1) is 0 Å². The maximum absolute atomic E-state index is 12.3. The van der Waals surface area contributed by atoms with Crippen LogP contribution in [-0.2, 0) is 0 Å². The molecule has 3 nitrogen and oxygen atoms in total. The summed E-state index contributed by atoms with van der Waals surface area (Å²) in [5.41, 5.74) is 0.696. The van der Waals surface area contributed by atoms with Crippen molar-refractivity contribution in [1.29, 1.82) is 0 Å². The van der Waals surface area contributed by atoms with Crippen molar-refractivity contribution in [3.05, 3.63) is 59.0 Å². The van der Waals surface area contributed by atoms with Crippen molar-refractivity contribution in [3.8, 4) is 5.75 Å². The van der Waals surface area contributed by atoms with Crippen LogP contribution in [0.25, 0.3) is 16.3 Å². The molecule has 0 atom stereocenters. The van der Waals surface area contributed by atoms with Crippen LogP contribution in [0.5, 0.6) is 5.75 Å². The molecule has 0 bridgehead atoms. The molecule has 0 radical (unpaired) electrons. The first-order chi connectivity index (χ1) is 8.29. The summed E-state index contributed by atoms with van der Waals surface area (Å²) in [6, 6.07) is 11.2. The van der Waals surface area contributed by atoms with Gasteiger partial charge in [-0.25, -0.2) is 0 Å². The Morgan fingerprint density at radius 1 is 1.12 bits per heavy atom. The highest BCUT2D eigenvalue weighted by molar-refractivity contribution is 5.85. The van der Waals surface area contributed by atoms with Crippen molar-refractivity contribution in [2.75, 3.05) is 7.11 Å². The molecule has 0 aliphatic carbocycles. The molecule has 2 aromatic heterocycles. The van der Waals surface area contributed by atoms with E-state index in [9.17, 15) is 4.79 Å². The van der Waals surface area contributed by atoms with Gasteiger partial charge in [0.25, 0.3) is 0 Å². The van der Waals surface area contributed by atoms with Crippen LogP contribution in [0.4, 0.5) is 0 Å². The number of rotatable bonds is 1. The molecule has 2 heterocycles. The fourth-order valence-corrected chi connectivity index (χ4v) is 2.02. The second kappa shape index (κ2) is 3.63. The second-order valence-corrected chi connectivity index (χ2v) is 3.90. The Balaban J connectivity index is 2.56. The predicted octanol–water partition coefficient (Wildman–Crippen LogP) is 2.46. The van der Waals surface area contributed by atoms with Crippen molar-refractivity contribution in [2.24, 2.45) is 0 Å². The van der Waals surface area contributed by atoms with E-state index in [0.717, 1.165) is 5.39 Å². The molecule has 84 valence electrons. The van der Waals surface area contributed by atoms with Crippen LogP contribution in [0.15, 0.2) is 53.6 Å². The third kappa shape index (κ3) is 1.47. The molecular weight excluding hydrogens is 214 g/mol. The number of nitrogens with zero attached hydrogens (tertiary/aromatic N) is 1. The van der Waals surface area contributed by atoms with Crippen molar-refractivity contribution < 1.29 is 4.74 Å². The third-order valence-corrected chi connectivity index (χ3v) is 2.93. The molecule has 0 fully saturated rings. The third-order valence-electron chi connectivity index (χ3n) is 2.93. The van der Waals surface area contributed by atoms with Crippen LogP contribution in [0.3, 0.4) is 0 Å². The molecule has 0 N–H and O–H groups in total. The van der Waals surface area contributed by atoms with Gasteiger partial charge in [-0.1, -0.05) is 6.07 Å². The number of hydrogen-bond donors (Lipinski definition) is 0. The van der Waals surface area contributed by atoms with Crippen LogP contribution >= 0.6 is 0 Å². The Hall–Kier alpha value is -2.29. The van der Waals surface area contributed by atoms with Crippen LogP contribution < -0.4 is 10.2 Å². The Morgan fingerprint density at radius 3 is 2.82 bits per heavy atom. The summed E-state index contributed by atoms with van der Waals surface area (Å²) in [7, 11) is 1.60. The van der Waals surface area contributed by atoms with Gasteiger partial charge in [0.1, 0.15) is 5.75 Å². The van der Waals surface area contributed by atoms with Gasteiger partial charge in [-0.3, -0.25) is 4.79 Å². The van der Waals surface area contributed by atoms with E-state index in [-0.39, 0.29) is 5.43 Å². The van der Waals surface area contributed by atoms with Crippen molar-refractivity contribution in [1.82, 2.24) is 4.40 Å². The molecule has 17 heavy (non-hydrogen) atoms. The van der Waals surface area contributed by atoms with Gasteiger partial charge in [0.15, 0.2) is 0 Å². The Morgan fingerprint density at radius 2 is 2.00 bits per heavy atom. The fourth-order valence-electron chi connectivity index (χ4n) is 2.02. The van der Waals surface area contributed by atoms with Gasteiger partial charge in [-0.2, -0.15) is 0 Å². The van der Waals surface area contributed by atoms with Gasteiger partial charge < -0.3 is 9.14 Å². The zero-order chi connectivity index (χ0) is 11.8. The van der Waals surface area contributed by atoms with E-state index in [2.05, 4.69) is 0 Å². The quantitative estimate of drug-likeness (QED) is 0.637. The average molecular weight is 225 g/mol. The van der Waals surface area contributed by atoms with E-state index < -0.39 is 0 Å². The van der Waals surface area contributed by atoms with Crippen molar-refractivity contribution in [3.63, 3.8) is 0 Å². The smallest absolute Gasteiger partial charge is 0.210 e. The monoisotopic (exact) mass is 225 g/mol. The molecule has 3 heteroatoms. The van der Waals surface area contributed by atoms with Crippen LogP contribution in [-0.4, -0.2) is 11.5 Å². The number of hydrogen-bond acceptors (Lipinski definition) is 2. The van der Waals surface area contributed by atoms with E-state index in [4.69, 9.17) is 4.74 Å². The van der Waals surface area contributed by atoms with E-state index in [1.54, 1.807) is 13.2 Å². The lowest BCUT2D eigenvalue weighted by Gasteiger charge is -1.98. The minimum Gasteiger partial charge on any atom is -0.497 e. The Kier molecular flexibility index (Phi) is 2.11. The summed E-state index contributed by atoms with van der Waals surface area (Å²) in [5, 5.41) is 1.59. The number of benzene rings is 1. The lowest BCUT2D eigenvalue weighted by atomic mass is 10.1. The number of aromatic nitrogens is 1. The summed E-state index contributed by atoms with van der Waals surface area (Å²) in [6.07, 6.45) is 3.76. The van der Waals surface area contributed by atoms with E-state index in [0.29, 0.717) is 16.7 Å². The predicted molar refractivity (Wildman–Crippen MR) is 67.7 cm³/mol. The van der Waals surface area contributed by atoms with Crippen LogP contribution in [0.1, 0.15) is 0 Å². The highest BCUT2D eigenvalue weighted by Crippen LogP contribution is 2.17. The molecule has 0 unspecified atom stereocenters. The molecule has 0 saturated heterocycles. The van der Waals surface area contributed by atoms with Crippen molar-refractivity contribution in [2.45, 2.75) is 0 Å². The summed E-state index contributed by atoms with van der Waals surface area (Å²) in [6.45, 7) is 0.